The number of phenols is 1. The molecule has 0 atom stereocenters. The van der Waals surface area contributed by atoms with Gasteiger partial charge in [0.15, 0.2) is 0 Å². The van der Waals surface area contributed by atoms with Gasteiger partial charge in [0.25, 0.3) is 5.56 Å². The van der Waals surface area contributed by atoms with Crippen LogP contribution < -0.4 is 11.0 Å². The van der Waals surface area contributed by atoms with Crippen LogP contribution in [0.1, 0.15) is 11.3 Å². The van der Waals surface area contributed by atoms with E-state index in [0.29, 0.717) is 5.56 Å². The van der Waals surface area contributed by atoms with E-state index in [2.05, 4.69) is 25.7 Å². The minimum Gasteiger partial charge on any atom is -0.507 e. The predicted molar refractivity (Wildman–Crippen MR) is 84.2 cm³/mol. The molecule has 0 fully saturated rings. The van der Waals surface area contributed by atoms with Gasteiger partial charge in [0.2, 0.25) is 5.95 Å². The number of nitrogens with one attached hydrogen (secondary N) is 2. The fourth-order valence-corrected chi connectivity index (χ4v) is 2.02. The van der Waals surface area contributed by atoms with Crippen LogP contribution in [0.15, 0.2) is 46.3 Å². The highest BCUT2D eigenvalue weighted by atomic mass is 16.3. The molecule has 2 aromatic carbocycles. The van der Waals surface area contributed by atoms with Crippen molar-refractivity contribution in [3.8, 4) is 5.75 Å². The first-order valence-electron chi connectivity index (χ1n) is 6.58. The molecule has 0 bridgehead atoms. The van der Waals surface area contributed by atoms with E-state index in [1.54, 1.807) is 13.0 Å². The van der Waals surface area contributed by atoms with Gasteiger partial charge in [-0.05, 0) is 23.8 Å². The summed E-state index contributed by atoms with van der Waals surface area (Å²) in [5.41, 5.74) is 3.11. The van der Waals surface area contributed by atoms with Crippen LogP contribution >= 0.6 is 0 Å². The zero-order valence-corrected chi connectivity index (χ0v) is 11.7. The van der Waals surface area contributed by atoms with Crippen molar-refractivity contribution in [3.05, 3.63) is 58.0 Å². The molecule has 0 saturated heterocycles. The van der Waals surface area contributed by atoms with Gasteiger partial charge in [-0.1, -0.05) is 30.3 Å². The average Bonchev–Trinajstić information content (AvgIpc) is 2.53. The van der Waals surface area contributed by atoms with Crippen molar-refractivity contribution < 1.29 is 5.11 Å². The quantitative estimate of drug-likeness (QED) is 0.505. The zero-order valence-electron chi connectivity index (χ0n) is 11.7. The summed E-state index contributed by atoms with van der Waals surface area (Å²) in [7, 11) is 0. The van der Waals surface area contributed by atoms with Crippen LogP contribution in [0, 0.1) is 6.92 Å². The minimum absolute atomic E-state index is 0.118. The highest BCUT2D eigenvalue weighted by Crippen LogP contribution is 2.25. The lowest BCUT2D eigenvalue weighted by molar-refractivity contribution is 0.475. The summed E-state index contributed by atoms with van der Waals surface area (Å²) in [5, 5.41) is 23.3. The van der Waals surface area contributed by atoms with Crippen LogP contribution in [-0.4, -0.2) is 26.5 Å². The van der Waals surface area contributed by atoms with Crippen molar-refractivity contribution in [3.63, 3.8) is 0 Å². The molecule has 0 radical (unpaired) electrons. The highest BCUT2D eigenvalue weighted by Gasteiger charge is 2.04. The molecule has 110 valence electrons. The standard InChI is InChI=1S/C15H13N5O2/c1-9-14(22)17-15(20-18-9)19-16-8-12-11-5-3-2-4-10(11)6-7-13(12)21/h2-8,21H,1H3,(H2,17,19,20,22)/b16-8-. The van der Waals surface area contributed by atoms with E-state index in [1.165, 1.54) is 6.21 Å². The van der Waals surface area contributed by atoms with E-state index in [1.807, 2.05) is 30.3 Å². The Morgan fingerprint density at radius 1 is 1.23 bits per heavy atom. The van der Waals surface area contributed by atoms with Gasteiger partial charge < -0.3 is 5.11 Å². The highest BCUT2D eigenvalue weighted by molar-refractivity contribution is 6.02. The number of aromatic amines is 1. The molecular formula is C15H13N5O2. The number of aryl methyl sites for hydroxylation is 1. The molecule has 1 aromatic heterocycles. The SMILES string of the molecule is Cc1nnc(N/N=C\c2c(O)ccc3ccccc23)[nH]c1=O. The number of aromatic nitrogens is 3. The second kappa shape index (κ2) is 5.65. The number of phenolic OH excluding ortho intramolecular Hbond substituents is 1. The lowest BCUT2D eigenvalue weighted by Gasteiger charge is -2.04. The molecule has 0 amide bonds. The number of hydrazone groups is 1. The van der Waals surface area contributed by atoms with Crippen molar-refractivity contribution in [2.75, 3.05) is 5.43 Å². The molecule has 0 saturated carbocycles. The zero-order chi connectivity index (χ0) is 15.5. The fourth-order valence-electron chi connectivity index (χ4n) is 2.02. The van der Waals surface area contributed by atoms with Crippen molar-refractivity contribution in [2.24, 2.45) is 5.10 Å². The van der Waals surface area contributed by atoms with Gasteiger partial charge in [-0.2, -0.15) is 5.10 Å². The second-order valence-corrected chi connectivity index (χ2v) is 4.68. The molecule has 7 nitrogen and oxygen atoms in total. The van der Waals surface area contributed by atoms with Crippen LogP contribution in [0.25, 0.3) is 10.8 Å². The molecule has 0 unspecified atom stereocenters. The van der Waals surface area contributed by atoms with E-state index < -0.39 is 0 Å². The Kier molecular flexibility index (Phi) is 3.53. The molecule has 0 aliphatic carbocycles. The van der Waals surface area contributed by atoms with Gasteiger partial charge in [0.05, 0.1) is 6.21 Å². The van der Waals surface area contributed by atoms with Crippen molar-refractivity contribution in [1.82, 2.24) is 15.2 Å². The van der Waals surface area contributed by atoms with E-state index in [9.17, 15) is 9.90 Å². The summed E-state index contributed by atoms with van der Waals surface area (Å²) in [5.74, 6) is 0.249. The van der Waals surface area contributed by atoms with Gasteiger partial charge in [-0.25, -0.2) is 5.43 Å². The third-order valence-electron chi connectivity index (χ3n) is 3.17. The van der Waals surface area contributed by atoms with Crippen LogP contribution in [0.3, 0.4) is 0 Å². The van der Waals surface area contributed by atoms with Crippen molar-refractivity contribution >= 4 is 22.9 Å². The lowest BCUT2D eigenvalue weighted by Crippen LogP contribution is -2.15. The van der Waals surface area contributed by atoms with Gasteiger partial charge in [0.1, 0.15) is 11.4 Å². The first-order valence-corrected chi connectivity index (χ1v) is 6.58. The third kappa shape index (κ3) is 2.64. The number of aromatic hydroxyl groups is 1. The van der Waals surface area contributed by atoms with Gasteiger partial charge >= 0.3 is 0 Å². The number of benzene rings is 2. The number of nitrogens with zero attached hydrogens (tertiary/aromatic N) is 3. The summed E-state index contributed by atoms with van der Waals surface area (Å²) in [6.07, 6.45) is 1.47. The maximum Gasteiger partial charge on any atom is 0.274 e. The first-order chi connectivity index (χ1) is 10.6. The smallest absolute Gasteiger partial charge is 0.274 e. The Bertz CT molecular complexity index is 917. The van der Waals surface area contributed by atoms with E-state index >= 15 is 0 Å². The van der Waals surface area contributed by atoms with Gasteiger partial charge in [-0.15, -0.1) is 10.2 Å². The molecule has 0 aliphatic heterocycles. The molecule has 7 heteroatoms. The Morgan fingerprint density at radius 3 is 2.86 bits per heavy atom. The second-order valence-electron chi connectivity index (χ2n) is 4.68. The van der Waals surface area contributed by atoms with Crippen molar-refractivity contribution in [2.45, 2.75) is 6.92 Å². The van der Waals surface area contributed by atoms with Crippen LogP contribution in [0.2, 0.25) is 0 Å². The molecule has 3 rings (SSSR count). The van der Waals surface area contributed by atoms with Crippen LogP contribution in [-0.2, 0) is 0 Å². The molecule has 22 heavy (non-hydrogen) atoms. The Labute approximate surface area is 125 Å². The summed E-state index contributed by atoms with van der Waals surface area (Å²) >= 11 is 0. The third-order valence-corrected chi connectivity index (χ3v) is 3.17. The Hall–Kier alpha value is -3.22. The van der Waals surface area contributed by atoms with Gasteiger partial charge in [0, 0.05) is 5.56 Å². The monoisotopic (exact) mass is 295 g/mol. The summed E-state index contributed by atoms with van der Waals surface area (Å²) in [4.78, 5) is 13.9. The summed E-state index contributed by atoms with van der Waals surface area (Å²) in [6, 6.07) is 11.1. The number of fused-ring (bicyclic) bond motifs is 1. The number of hydrogen-bond donors (Lipinski definition) is 3. The number of hydrogen-bond acceptors (Lipinski definition) is 6. The number of rotatable bonds is 3. The molecule has 1 heterocycles. The maximum absolute atomic E-state index is 11.4. The van der Waals surface area contributed by atoms with Crippen LogP contribution in [0.4, 0.5) is 5.95 Å². The number of anilines is 1. The molecule has 3 aromatic rings. The molecular weight excluding hydrogens is 282 g/mol. The van der Waals surface area contributed by atoms with Crippen LogP contribution in [0.5, 0.6) is 5.75 Å². The number of H-pyrrole nitrogens is 1. The van der Waals surface area contributed by atoms with Gasteiger partial charge in [-0.3, -0.25) is 9.78 Å². The fraction of sp³-hybridized carbons (Fsp3) is 0.0667. The van der Waals surface area contributed by atoms with E-state index in [0.717, 1.165) is 10.8 Å². The topological polar surface area (TPSA) is 103 Å². The molecule has 3 N–H and O–H groups in total. The minimum atomic E-state index is -0.333. The molecule has 0 aliphatic rings. The first kappa shape index (κ1) is 13.7. The predicted octanol–water partition coefficient (Wildman–Crippen LogP) is 1.78. The van der Waals surface area contributed by atoms with Crippen molar-refractivity contribution in [1.29, 1.82) is 0 Å². The van der Waals surface area contributed by atoms with E-state index in [-0.39, 0.29) is 23.0 Å². The normalized spacial score (nSPS) is 11.1. The Morgan fingerprint density at radius 2 is 2.05 bits per heavy atom. The molecule has 0 spiro atoms. The summed E-state index contributed by atoms with van der Waals surface area (Å²) < 4.78 is 0. The average molecular weight is 295 g/mol. The van der Waals surface area contributed by atoms with E-state index in [4.69, 9.17) is 0 Å². The summed E-state index contributed by atoms with van der Waals surface area (Å²) in [6.45, 7) is 1.56. The largest absolute Gasteiger partial charge is 0.507 e. The lowest BCUT2D eigenvalue weighted by atomic mass is 10.0. The maximum atomic E-state index is 11.4. The Balaban J connectivity index is 1.91.